The summed E-state index contributed by atoms with van der Waals surface area (Å²) in [7, 11) is 0. The van der Waals surface area contributed by atoms with Crippen LogP contribution in [0.2, 0.25) is 0 Å². The number of hydrogen-bond donors (Lipinski definition) is 0. The Labute approximate surface area is 83.3 Å². The van der Waals surface area contributed by atoms with Crippen LogP contribution in [0.25, 0.3) is 0 Å². The van der Waals surface area contributed by atoms with Crippen molar-refractivity contribution in [1.82, 2.24) is 0 Å². The monoisotopic (exact) mass is 224 g/mol. The summed E-state index contributed by atoms with van der Waals surface area (Å²) >= 11 is 10.4. The van der Waals surface area contributed by atoms with Crippen LogP contribution in [0.1, 0.15) is 10.4 Å². The Morgan fingerprint density at radius 2 is 1.69 bits per heavy atom. The number of rotatable bonds is 2. The molecule has 70 valence electrons. The fourth-order valence-corrected chi connectivity index (χ4v) is 1.06. The molecular formula is C8H4Cl2F2O. The fraction of sp³-hybridized carbons (Fsp3) is 0.125. The van der Waals surface area contributed by atoms with Gasteiger partial charge in [0.1, 0.15) is 11.6 Å². The second-order valence-electron chi connectivity index (χ2n) is 2.26. The van der Waals surface area contributed by atoms with Gasteiger partial charge in [0, 0.05) is 0 Å². The minimum Gasteiger partial charge on any atom is -0.291 e. The molecule has 0 saturated carbocycles. The lowest BCUT2D eigenvalue weighted by molar-refractivity contribution is 0.0999. The van der Waals surface area contributed by atoms with Gasteiger partial charge in [0.2, 0.25) is 5.78 Å². The minimum absolute atomic E-state index is 0.697. The molecule has 1 nitrogen and oxygen atoms in total. The van der Waals surface area contributed by atoms with E-state index in [0.717, 1.165) is 18.2 Å². The van der Waals surface area contributed by atoms with E-state index in [1.807, 2.05) is 0 Å². The Morgan fingerprint density at radius 3 is 2.08 bits per heavy atom. The molecule has 0 saturated heterocycles. The smallest absolute Gasteiger partial charge is 0.201 e. The van der Waals surface area contributed by atoms with Gasteiger partial charge < -0.3 is 0 Å². The zero-order valence-corrected chi connectivity index (χ0v) is 7.74. The maximum absolute atomic E-state index is 12.9. The van der Waals surface area contributed by atoms with Crippen LogP contribution in [0.15, 0.2) is 18.2 Å². The first-order chi connectivity index (χ1) is 6.04. The van der Waals surface area contributed by atoms with E-state index in [1.54, 1.807) is 0 Å². The molecule has 5 heteroatoms. The average Bonchev–Trinajstić information content (AvgIpc) is 2.03. The van der Waals surface area contributed by atoms with E-state index in [2.05, 4.69) is 0 Å². The van der Waals surface area contributed by atoms with Crippen molar-refractivity contribution in [3.63, 3.8) is 0 Å². The Kier molecular flexibility index (Phi) is 3.22. The predicted molar refractivity (Wildman–Crippen MR) is 46.2 cm³/mol. The van der Waals surface area contributed by atoms with Gasteiger partial charge in [-0.15, -0.1) is 0 Å². The predicted octanol–water partition coefficient (Wildman–Crippen LogP) is 2.95. The summed E-state index contributed by atoms with van der Waals surface area (Å²) < 4.78 is 25.8. The number of carbonyl (C=O) groups excluding carboxylic acids is 1. The van der Waals surface area contributed by atoms with E-state index >= 15 is 0 Å². The lowest BCUT2D eigenvalue weighted by Gasteiger charge is -2.03. The molecule has 0 fully saturated rings. The highest BCUT2D eigenvalue weighted by Crippen LogP contribution is 2.18. The zero-order chi connectivity index (χ0) is 10.0. The van der Waals surface area contributed by atoms with Crippen LogP contribution >= 0.6 is 23.2 Å². The maximum atomic E-state index is 12.9. The number of benzene rings is 1. The summed E-state index contributed by atoms with van der Waals surface area (Å²) in [6.07, 6.45) is 0. The van der Waals surface area contributed by atoms with Gasteiger partial charge in [-0.05, 0) is 12.1 Å². The Hall–Kier alpha value is -0.670. The first kappa shape index (κ1) is 10.4. The van der Waals surface area contributed by atoms with Crippen molar-refractivity contribution in [3.8, 4) is 0 Å². The van der Waals surface area contributed by atoms with E-state index in [1.165, 1.54) is 0 Å². The highest BCUT2D eigenvalue weighted by atomic mass is 35.5. The third kappa shape index (κ3) is 2.17. The first-order valence-corrected chi connectivity index (χ1v) is 4.17. The van der Waals surface area contributed by atoms with Crippen molar-refractivity contribution < 1.29 is 13.6 Å². The zero-order valence-electron chi connectivity index (χ0n) is 6.23. The normalized spacial score (nSPS) is 10.5. The van der Waals surface area contributed by atoms with Gasteiger partial charge in [0.25, 0.3) is 0 Å². The van der Waals surface area contributed by atoms with Crippen LogP contribution < -0.4 is 0 Å². The van der Waals surface area contributed by atoms with E-state index < -0.39 is 27.8 Å². The number of ketones is 1. The van der Waals surface area contributed by atoms with Crippen LogP contribution in [0.4, 0.5) is 8.78 Å². The van der Waals surface area contributed by atoms with Gasteiger partial charge in [0.15, 0.2) is 4.84 Å². The van der Waals surface area contributed by atoms with E-state index in [-0.39, 0.29) is 0 Å². The summed E-state index contributed by atoms with van der Waals surface area (Å²) in [5, 5.41) is 0. The molecule has 0 aliphatic heterocycles. The van der Waals surface area contributed by atoms with Crippen LogP contribution in [-0.2, 0) is 0 Å². The molecule has 1 aromatic rings. The fourth-order valence-electron chi connectivity index (χ4n) is 0.842. The molecule has 0 heterocycles. The van der Waals surface area contributed by atoms with E-state index in [9.17, 15) is 13.6 Å². The number of carbonyl (C=O) groups is 1. The minimum atomic E-state index is -1.45. The molecule has 0 amide bonds. The molecule has 0 spiro atoms. The topological polar surface area (TPSA) is 17.1 Å². The van der Waals surface area contributed by atoms with Crippen LogP contribution in [0.5, 0.6) is 0 Å². The van der Waals surface area contributed by atoms with Crippen molar-refractivity contribution >= 4 is 29.0 Å². The molecular weight excluding hydrogens is 221 g/mol. The molecule has 13 heavy (non-hydrogen) atoms. The van der Waals surface area contributed by atoms with Crippen LogP contribution in [-0.4, -0.2) is 10.6 Å². The lowest BCUT2D eigenvalue weighted by atomic mass is 10.1. The van der Waals surface area contributed by atoms with Gasteiger partial charge in [-0.25, -0.2) is 8.78 Å². The highest BCUT2D eigenvalue weighted by molar-refractivity contribution is 6.55. The Morgan fingerprint density at radius 1 is 1.23 bits per heavy atom. The Balaban J connectivity index is 3.20. The van der Waals surface area contributed by atoms with Crippen molar-refractivity contribution in [1.29, 1.82) is 0 Å². The van der Waals surface area contributed by atoms with Gasteiger partial charge in [-0.2, -0.15) is 0 Å². The second kappa shape index (κ2) is 4.03. The number of hydrogen-bond acceptors (Lipinski definition) is 1. The molecule has 0 radical (unpaired) electrons. The first-order valence-electron chi connectivity index (χ1n) is 3.30. The summed E-state index contributed by atoms with van der Waals surface area (Å²) in [6.45, 7) is 0. The summed E-state index contributed by atoms with van der Waals surface area (Å²) in [5.74, 6) is -2.90. The van der Waals surface area contributed by atoms with Crippen molar-refractivity contribution in [2.75, 3.05) is 0 Å². The molecule has 0 aromatic heterocycles. The second-order valence-corrected chi connectivity index (χ2v) is 3.36. The van der Waals surface area contributed by atoms with Crippen molar-refractivity contribution in [3.05, 3.63) is 35.4 Å². The molecule has 1 aromatic carbocycles. The van der Waals surface area contributed by atoms with E-state index in [0.29, 0.717) is 0 Å². The molecule has 0 aliphatic carbocycles. The number of alkyl halides is 2. The molecule has 0 N–H and O–H groups in total. The third-order valence-electron chi connectivity index (χ3n) is 1.41. The molecule has 0 bridgehead atoms. The van der Waals surface area contributed by atoms with Gasteiger partial charge in [0.05, 0.1) is 5.56 Å². The van der Waals surface area contributed by atoms with Gasteiger partial charge >= 0.3 is 0 Å². The summed E-state index contributed by atoms with van der Waals surface area (Å²) in [6, 6.07) is 3.08. The van der Waals surface area contributed by atoms with Gasteiger partial charge in [-0.3, -0.25) is 4.79 Å². The Bertz CT molecular complexity index is 319. The lowest BCUT2D eigenvalue weighted by Crippen LogP contribution is -2.12. The SMILES string of the molecule is O=C(c1c(F)cccc1F)C(Cl)Cl. The van der Waals surface area contributed by atoms with Crippen LogP contribution in [0, 0.1) is 11.6 Å². The number of Topliss-reactive ketones (excluding diaryl/α,β-unsaturated/α-hetero) is 1. The van der Waals surface area contributed by atoms with Crippen molar-refractivity contribution in [2.24, 2.45) is 0 Å². The van der Waals surface area contributed by atoms with Crippen LogP contribution in [0.3, 0.4) is 0 Å². The number of halogens is 4. The van der Waals surface area contributed by atoms with Crippen molar-refractivity contribution in [2.45, 2.75) is 4.84 Å². The third-order valence-corrected chi connectivity index (χ3v) is 1.80. The summed E-state index contributed by atoms with van der Waals surface area (Å²) in [5.41, 5.74) is -0.697. The molecule has 0 aliphatic rings. The molecule has 0 unspecified atom stereocenters. The maximum Gasteiger partial charge on any atom is 0.201 e. The molecule has 0 atom stereocenters. The summed E-state index contributed by atoms with van der Waals surface area (Å²) in [4.78, 5) is 9.59. The van der Waals surface area contributed by atoms with Gasteiger partial charge in [-0.1, -0.05) is 29.3 Å². The van der Waals surface area contributed by atoms with E-state index in [4.69, 9.17) is 23.2 Å². The average molecular weight is 225 g/mol. The highest BCUT2D eigenvalue weighted by Gasteiger charge is 2.21. The largest absolute Gasteiger partial charge is 0.291 e. The molecule has 1 rings (SSSR count). The quantitative estimate of drug-likeness (QED) is 0.558. The standard InChI is InChI=1S/C8H4Cl2F2O/c9-8(10)7(13)6-4(11)2-1-3-5(6)12/h1-3,8H.